The van der Waals surface area contributed by atoms with Crippen molar-refractivity contribution in [3.63, 3.8) is 0 Å². The molecule has 0 saturated carbocycles. The van der Waals surface area contributed by atoms with Gasteiger partial charge in [0.05, 0.1) is 13.2 Å². The number of ether oxygens (including phenoxy) is 1. The average Bonchev–Trinajstić information content (AvgIpc) is 2.40. The van der Waals surface area contributed by atoms with Gasteiger partial charge in [0.15, 0.2) is 11.5 Å². The van der Waals surface area contributed by atoms with E-state index >= 15 is 0 Å². The molecule has 1 aromatic rings. The minimum Gasteiger partial charge on any atom is -0.504 e. The maximum Gasteiger partial charge on any atom is 0.160 e. The van der Waals surface area contributed by atoms with Crippen LogP contribution in [0.1, 0.15) is 36.5 Å². The number of phenolic OH excluding ortho intramolecular Hbond substituents is 1. The molecule has 2 rings (SSSR count). The molecule has 3 heteroatoms. The van der Waals surface area contributed by atoms with Crippen LogP contribution in [0, 0.1) is 0 Å². The monoisotopic (exact) mass is 208 g/mol. The third-order valence-corrected chi connectivity index (χ3v) is 2.97. The molecule has 1 aliphatic rings. The number of aromatic hydroxyl groups is 1. The van der Waals surface area contributed by atoms with Crippen molar-refractivity contribution in [2.24, 2.45) is 0 Å². The smallest absolute Gasteiger partial charge is 0.160 e. The number of methoxy groups -OCH3 is 1. The molecule has 1 aromatic carbocycles. The topological polar surface area (TPSA) is 49.7 Å². The first kappa shape index (κ1) is 10.3. The summed E-state index contributed by atoms with van der Waals surface area (Å²) in [5.74, 6) is 0.597. The molecule has 0 amide bonds. The Hall–Kier alpha value is -1.22. The number of aryl methyl sites for hydroxylation is 1. The molecular weight excluding hydrogens is 192 g/mol. The van der Waals surface area contributed by atoms with Gasteiger partial charge in [-0.25, -0.2) is 0 Å². The first-order valence-electron chi connectivity index (χ1n) is 5.30. The minimum absolute atomic E-state index is 0.158. The van der Waals surface area contributed by atoms with Gasteiger partial charge in [-0.05, 0) is 42.5 Å². The maximum atomic E-state index is 9.92. The summed E-state index contributed by atoms with van der Waals surface area (Å²) in [7, 11) is 1.52. The van der Waals surface area contributed by atoms with Gasteiger partial charge in [-0.3, -0.25) is 0 Å². The molecule has 0 aliphatic heterocycles. The Kier molecular flexibility index (Phi) is 2.82. The molecule has 0 fully saturated rings. The summed E-state index contributed by atoms with van der Waals surface area (Å²) < 4.78 is 5.04. The lowest BCUT2D eigenvalue weighted by atomic mass is 10.0. The number of hydrogen-bond donors (Lipinski definition) is 2. The quantitative estimate of drug-likeness (QED) is 0.695. The molecule has 1 atom stereocenters. The SMILES string of the molecule is COc1cc2c(cc1O)CCCC[C@H]2O. The Balaban J connectivity index is 2.47. The summed E-state index contributed by atoms with van der Waals surface area (Å²) in [6, 6.07) is 3.46. The zero-order valence-electron chi connectivity index (χ0n) is 8.86. The lowest BCUT2D eigenvalue weighted by molar-refractivity contribution is 0.166. The highest BCUT2D eigenvalue weighted by Crippen LogP contribution is 2.36. The van der Waals surface area contributed by atoms with E-state index in [0.717, 1.165) is 36.8 Å². The van der Waals surface area contributed by atoms with Gasteiger partial charge in [-0.2, -0.15) is 0 Å². The highest BCUT2D eigenvalue weighted by atomic mass is 16.5. The van der Waals surface area contributed by atoms with E-state index in [0.29, 0.717) is 5.75 Å². The van der Waals surface area contributed by atoms with Crippen molar-refractivity contribution >= 4 is 0 Å². The van der Waals surface area contributed by atoms with E-state index in [4.69, 9.17) is 4.74 Å². The Bertz CT molecular complexity index is 360. The number of hydrogen-bond acceptors (Lipinski definition) is 3. The molecule has 0 unspecified atom stereocenters. The summed E-state index contributed by atoms with van der Waals surface area (Å²) in [6.07, 6.45) is 3.39. The fourth-order valence-corrected chi connectivity index (χ4v) is 2.13. The van der Waals surface area contributed by atoms with E-state index in [9.17, 15) is 10.2 Å². The van der Waals surface area contributed by atoms with Crippen molar-refractivity contribution < 1.29 is 14.9 Å². The highest BCUT2D eigenvalue weighted by molar-refractivity contribution is 5.47. The molecule has 0 aromatic heterocycles. The first-order valence-corrected chi connectivity index (χ1v) is 5.30. The second-order valence-corrected chi connectivity index (χ2v) is 3.98. The third kappa shape index (κ3) is 1.92. The Morgan fingerprint density at radius 2 is 2.13 bits per heavy atom. The van der Waals surface area contributed by atoms with Gasteiger partial charge in [0.1, 0.15) is 0 Å². The fourth-order valence-electron chi connectivity index (χ4n) is 2.13. The molecule has 0 saturated heterocycles. The van der Waals surface area contributed by atoms with Crippen LogP contribution >= 0.6 is 0 Å². The Morgan fingerprint density at radius 1 is 1.33 bits per heavy atom. The molecule has 0 radical (unpaired) electrons. The van der Waals surface area contributed by atoms with Gasteiger partial charge in [-0.15, -0.1) is 0 Å². The van der Waals surface area contributed by atoms with Crippen LogP contribution in [-0.4, -0.2) is 17.3 Å². The standard InChI is InChI=1S/C12H16O3/c1-15-12-7-9-8(6-11(12)14)4-2-3-5-10(9)13/h6-7,10,13-14H,2-5H2,1H3/t10-/m1/s1. The van der Waals surface area contributed by atoms with Gasteiger partial charge < -0.3 is 14.9 Å². The summed E-state index contributed by atoms with van der Waals surface area (Å²) >= 11 is 0. The summed E-state index contributed by atoms with van der Waals surface area (Å²) in [5.41, 5.74) is 1.94. The lowest BCUT2D eigenvalue weighted by Crippen LogP contribution is -1.99. The van der Waals surface area contributed by atoms with Crippen LogP contribution in [0.3, 0.4) is 0 Å². The molecule has 15 heavy (non-hydrogen) atoms. The number of aliphatic hydroxyl groups is 1. The normalized spacial score (nSPS) is 20.5. The summed E-state index contributed by atoms with van der Waals surface area (Å²) in [5, 5.41) is 19.6. The molecule has 82 valence electrons. The molecule has 2 N–H and O–H groups in total. The van der Waals surface area contributed by atoms with Crippen molar-refractivity contribution in [3.05, 3.63) is 23.3 Å². The van der Waals surface area contributed by atoms with Gasteiger partial charge >= 0.3 is 0 Å². The molecule has 3 nitrogen and oxygen atoms in total. The Labute approximate surface area is 89.3 Å². The van der Waals surface area contributed by atoms with E-state index in [1.165, 1.54) is 7.11 Å². The van der Waals surface area contributed by atoms with Crippen molar-refractivity contribution in [3.8, 4) is 11.5 Å². The minimum atomic E-state index is -0.419. The average molecular weight is 208 g/mol. The summed E-state index contributed by atoms with van der Waals surface area (Å²) in [4.78, 5) is 0. The number of rotatable bonds is 1. The van der Waals surface area contributed by atoms with E-state index < -0.39 is 6.10 Å². The predicted octanol–water partition coefficient (Wildman–Crippen LogP) is 2.16. The first-order chi connectivity index (χ1) is 7.22. The zero-order valence-corrected chi connectivity index (χ0v) is 8.86. The predicted molar refractivity (Wildman–Crippen MR) is 57.2 cm³/mol. The summed E-state index contributed by atoms with van der Waals surface area (Å²) in [6.45, 7) is 0. The fraction of sp³-hybridized carbons (Fsp3) is 0.500. The van der Waals surface area contributed by atoms with E-state index in [1.54, 1.807) is 12.1 Å². The largest absolute Gasteiger partial charge is 0.504 e. The number of fused-ring (bicyclic) bond motifs is 1. The molecule has 0 bridgehead atoms. The molecule has 0 heterocycles. The molecule has 1 aliphatic carbocycles. The van der Waals surface area contributed by atoms with Crippen LogP contribution < -0.4 is 4.74 Å². The zero-order chi connectivity index (χ0) is 10.8. The van der Waals surface area contributed by atoms with Crippen molar-refractivity contribution in [2.45, 2.75) is 31.8 Å². The number of benzene rings is 1. The highest BCUT2D eigenvalue weighted by Gasteiger charge is 2.18. The van der Waals surface area contributed by atoms with Crippen molar-refractivity contribution in [1.29, 1.82) is 0 Å². The van der Waals surface area contributed by atoms with Gasteiger partial charge in [0.25, 0.3) is 0 Å². The van der Waals surface area contributed by atoms with Gasteiger partial charge in [0.2, 0.25) is 0 Å². The van der Waals surface area contributed by atoms with E-state index in [-0.39, 0.29) is 5.75 Å². The third-order valence-electron chi connectivity index (χ3n) is 2.97. The molecule has 0 spiro atoms. The van der Waals surface area contributed by atoms with Gasteiger partial charge in [-0.1, -0.05) is 6.42 Å². The number of aliphatic hydroxyl groups excluding tert-OH is 1. The lowest BCUT2D eigenvalue weighted by Gasteiger charge is -2.14. The van der Waals surface area contributed by atoms with Crippen LogP contribution in [0.25, 0.3) is 0 Å². The van der Waals surface area contributed by atoms with Crippen molar-refractivity contribution in [2.75, 3.05) is 7.11 Å². The van der Waals surface area contributed by atoms with Crippen molar-refractivity contribution in [1.82, 2.24) is 0 Å². The van der Waals surface area contributed by atoms with Crippen LogP contribution in [0.4, 0.5) is 0 Å². The van der Waals surface area contributed by atoms with Crippen LogP contribution in [-0.2, 0) is 6.42 Å². The van der Waals surface area contributed by atoms with E-state index in [1.807, 2.05) is 0 Å². The van der Waals surface area contributed by atoms with Crippen LogP contribution in [0.5, 0.6) is 11.5 Å². The maximum absolute atomic E-state index is 9.92. The Morgan fingerprint density at radius 3 is 2.87 bits per heavy atom. The van der Waals surface area contributed by atoms with E-state index in [2.05, 4.69) is 0 Å². The molecular formula is C12H16O3. The second kappa shape index (κ2) is 4.11. The second-order valence-electron chi connectivity index (χ2n) is 3.98. The van der Waals surface area contributed by atoms with Crippen LogP contribution in [0.15, 0.2) is 12.1 Å². The van der Waals surface area contributed by atoms with Crippen LogP contribution in [0.2, 0.25) is 0 Å². The number of phenols is 1. The van der Waals surface area contributed by atoms with Gasteiger partial charge in [0, 0.05) is 0 Å².